The first-order valence-corrected chi connectivity index (χ1v) is 25.2. The number of fused-ring (bicyclic) bond motifs is 2. The summed E-state index contributed by atoms with van der Waals surface area (Å²) in [6.45, 7) is 1.43. The van der Waals surface area contributed by atoms with E-state index in [9.17, 15) is 58.5 Å². The summed E-state index contributed by atoms with van der Waals surface area (Å²) in [6, 6.07) is 23.5. The molecule has 22 heteroatoms. The Hall–Kier alpha value is -7.40. The first-order valence-electron chi connectivity index (χ1n) is 22.2. The highest BCUT2D eigenvalue weighted by Crippen LogP contribution is 2.38. The zero-order chi connectivity index (χ0) is 51.9. The number of ketones is 1. The average molecular weight is 1020 g/mol. The lowest BCUT2D eigenvalue weighted by molar-refractivity contribution is -0.645. The Kier molecular flexibility index (Phi) is 18.8. The molecule has 1 atom stereocenters. The van der Waals surface area contributed by atoms with E-state index < -0.39 is 72.8 Å². The topological polar surface area (TPSA) is 250 Å². The summed E-state index contributed by atoms with van der Waals surface area (Å²) in [4.78, 5) is 64.1. The largest absolute Gasteiger partial charge is 0.493 e. The smallest absolute Gasteiger partial charge is 0.419 e. The number of unbranched alkanes of at least 4 members (excludes halogenated alkanes) is 2. The Morgan fingerprint density at radius 2 is 1.41 bits per heavy atom. The molecule has 5 aromatic rings. The van der Waals surface area contributed by atoms with E-state index >= 15 is 0 Å². The number of Topliss-reactive ketones (excluding diaryl/α,β-unsaturated/α-hetero) is 1. The summed E-state index contributed by atoms with van der Waals surface area (Å²) < 4.78 is 110. The summed E-state index contributed by atoms with van der Waals surface area (Å²) in [5, 5.41) is 17.4. The number of nitrogens with zero attached hydrogens (tertiary/aromatic N) is 3. The molecule has 4 amide bonds. The molecule has 4 aromatic carbocycles. The molecule has 1 heterocycles. The molecule has 5 rings (SSSR count). The molecule has 1 aromatic heterocycles. The number of carbonyl (C=O) groups is 5. The molecule has 0 aliphatic heterocycles. The highest BCUT2D eigenvalue weighted by Gasteiger charge is 2.36. The molecule has 0 spiro atoms. The Balaban J connectivity index is 1.14. The number of pyridine rings is 1. The van der Waals surface area contributed by atoms with Crippen LogP contribution in [-0.2, 0) is 52.0 Å². The lowest BCUT2D eigenvalue weighted by Gasteiger charge is -2.24. The van der Waals surface area contributed by atoms with Gasteiger partial charge in [0.2, 0.25) is 34.5 Å². The van der Waals surface area contributed by atoms with Crippen LogP contribution in [0.3, 0.4) is 0 Å². The monoisotopic (exact) mass is 1020 g/mol. The van der Waals surface area contributed by atoms with Gasteiger partial charge in [0.1, 0.15) is 5.75 Å². The molecule has 17 nitrogen and oxygen atoms in total. The number of hydrogen-bond donors (Lipinski definition) is 4. The van der Waals surface area contributed by atoms with Crippen LogP contribution in [0.25, 0.3) is 21.8 Å². The lowest BCUT2D eigenvalue weighted by atomic mass is 10.0. The van der Waals surface area contributed by atoms with Crippen LogP contribution in [0.5, 0.6) is 5.75 Å². The molecular formula is C49H50F3N6O11S2+. The number of carbonyl (C=O) groups excluding carboxylic acids is 5. The van der Waals surface area contributed by atoms with Crippen molar-refractivity contribution in [1.29, 1.82) is 5.26 Å². The van der Waals surface area contributed by atoms with Gasteiger partial charge in [-0.3, -0.25) is 28.5 Å². The minimum Gasteiger partial charge on any atom is -0.493 e. The molecule has 0 bridgehead atoms. The van der Waals surface area contributed by atoms with Crippen LogP contribution in [0, 0.1) is 36.5 Å². The van der Waals surface area contributed by atoms with Crippen molar-refractivity contribution >= 4 is 77.0 Å². The number of terminal acetylenes is 1. The third-order valence-electron chi connectivity index (χ3n) is 11.0. The number of rotatable bonds is 24. The van der Waals surface area contributed by atoms with Crippen molar-refractivity contribution in [3.63, 3.8) is 0 Å². The van der Waals surface area contributed by atoms with Crippen molar-refractivity contribution in [2.45, 2.75) is 69.5 Å². The molecule has 0 aliphatic rings. The fraction of sp³-hybridized carbons (Fsp3) is 0.327. The number of sulfonamides is 1. The third kappa shape index (κ3) is 14.8. The quantitative estimate of drug-likeness (QED) is 0.0111. The summed E-state index contributed by atoms with van der Waals surface area (Å²) in [6.07, 6.45) is 0.978. The van der Waals surface area contributed by atoms with Crippen LogP contribution < -0.4 is 25.3 Å². The standard InChI is InChI=1S/C49H49F3N6O11S2/c1-3-42(59)38(32-53)47(62)56-34-21-24-39(49(50,51)52)43(31-34)69-29-10-4-5-17-44(60)54-25-26-55-45(61)18-11-28-58(71(67,68)35-22-19-33(2)20-23-35)48(63)46-36-13-6-8-15-40(36)57(27-12-30-70(64,65)66)41-16-9-7-14-37(41)46/h1,6-9,13-16,19-24,31,38H,4-5,10-12,17-18,25-30H2,2H3,(H3-,54,55,56,60,61,62,64,65,66)/p+1. The Bertz CT molecular complexity index is 3060. The van der Waals surface area contributed by atoms with Gasteiger partial charge in [-0.2, -0.15) is 31.4 Å². The van der Waals surface area contributed by atoms with E-state index in [0.29, 0.717) is 40.7 Å². The fourth-order valence-corrected chi connectivity index (χ4v) is 9.39. The zero-order valence-corrected chi connectivity index (χ0v) is 40.0. The molecule has 0 radical (unpaired) electrons. The highest BCUT2D eigenvalue weighted by atomic mass is 32.2. The van der Waals surface area contributed by atoms with Gasteiger partial charge in [-0.15, -0.1) is 6.42 Å². The molecule has 71 heavy (non-hydrogen) atoms. The van der Waals surface area contributed by atoms with E-state index in [1.807, 2.05) is 0 Å². The predicted octanol–water partition coefficient (Wildman–Crippen LogP) is 5.65. The van der Waals surface area contributed by atoms with Crippen molar-refractivity contribution < 1.29 is 67.8 Å². The van der Waals surface area contributed by atoms with Gasteiger partial charge in [0.25, 0.3) is 26.0 Å². The van der Waals surface area contributed by atoms with Gasteiger partial charge in [0.15, 0.2) is 12.5 Å². The second-order valence-corrected chi connectivity index (χ2v) is 19.6. The number of nitrogens with one attached hydrogen (secondary N) is 3. The van der Waals surface area contributed by atoms with Crippen LogP contribution in [-0.4, -0.2) is 87.1 Å². The number of aromatic nitrogens is 1. The maximum absolute atomic E-state index is 14.8. The summed E-state index contributed by atoms with van der Waals surface area (Å²) in [5.74, 6) is -5.24. The van der Waals surface area contributed by atoms with Crippen molar-refractivity contribution in [3.8, 4) is 24.2 Å². The van der Waals surface area contributed by atoms with Gasteiger partial charge in [-0.05, 0) is 74.9 Å². The number of halogens is 3. The summed E-state index contributed by atoms with van der Waals surface area (Å²) in [7, 11) is -8.75. The average Bonchev–Trinajstić information content (AvgIpc) is 3.32. The van der Waals surface area contributed by atoms with Gasteiger partial charge in [-0.25, -0.2) is 12.7 Å². The third-order valence-corrected chi connectivity index (χ3v) is 13.6. The SMILES string of the molecule is C#CC(=O)C(C#N)C(=O)Nc1ccc(C(F)(F)F)c(OCCCCCC(=O)NCCNC(=O)CCCN(C(=O)c2c3ccccc3[n+](CCCS(=O)(=O)O)c3ccccc23)S(=O)(=O)c2ccc(C)cc2)c1. The second-order valence-electron chi connectivity index (χ2n) is 16.1. The number of alkyl halides is 3. The van der Waals surface area contributed by atoms with Crippen molar-refractivity contribution in [2.75, 3.05) is 37.3 Å². The zero-order valence-electron chi connectivity index (χ0n) is 38.3. The first kappa shape index (κ1) is 54.5. The maximum atomic E-state index is 14.8. The van der Waals surface area contributed by atoms with E-state index in [-0.39, 0.29) is 86.9 Å². The van der Waals surface area contributed by atoms with E-state index in [1.165, 1.54) is 18.2 Å². The summed E-state index contributed by atoms with van der Waals surface area (Å²) in [5.41, 5.74) is 0.593. The van der Waals surface area contributed by atoms with Gasteiger partial charge < -0.3 is 20.7 Å². The number of aryl methyl sites for hydroxylation is 2. The van der Waals surface area contributed by atoms with Gasteiger partial charge in [-0.1, -0.05) is 42.0 Å². The molecule has 1 unspecified atom stereocenters. The van der Waals surface area contributed by atoms with E-state index in [1.54, 1.807) is 78.1 Å². The van der Waals surface area contributed by atoms with Crippen molar-refractivity contribution in [3.05, 3.63) is 108 Å². The Labute approximate surface area is 408 Å². The minimum absolute atomic E-state index is 0.0212. The molecule has 0 saturated heterocycles. The van der Waals surface area contributed by atoms with E-state index in [4.69, 9.17) is 16.4 Å². The number of nitriles is 1. The minimum atomic E-state index is -4.81. The highest BCUT2D eigenvalue weighted by molar-refractivity contribution is 7.89. The van der Waals surface area contributed by atoms with Crippen LogP contribution in [0.4, 0.5) is 18.9 Å². The van der Waals surface area contributed by atoms with Crippen LogP contribution in [0.2, 0.25) is 0 Å². The van der Waals surface area contributed by atoms with E-state index in [2.05, 4.69) is 16.0 Å². The Morgan fingerprint density at radius 1 is 0.817 bits per heavy atom. The molecule has 0 saturated carbocycles. The van der Waals surface area contributed by atoms with Crippen molar-refractivity contribution in [1.82, 2.24) is 14.9 Å². The summed E-state index contributed by atoms with van der Waals surface area (Å²) >= 11 is 0. The first-order chi connectivity index (χ1) is 33.7. The molecule has 0 fully saturated rings. The molecule has 374 valence electrons. The van der Waals surface area contributed by atoms with E-state index in [0.717, 1.165) is 22.0 Å². The van der Waals surface area contributed by atoms with Crippen LogP contribution in [0.15, 0.2) is 95.9 Å². The lowest BCUT2D eigenvalue weighted by Crippen LogP contribution is -2.41. The van der Waals surface area contributed by atoms with Gasteiger partial charge in [0, 0.05) is 62.8 Å². The number of anilines is 1. The van der Waals surface area contributed by atoms with Gasteiger partial charge in [0.05, 0.1) is 45.2 Å². The predicted molar refractivity (Wildman–Crippen MR) is 254 cm³/mol. The normalized spacial score (nSPS) is 12.0. The van der Waals surface area contributed by atoms with Gasteiger partial charge >= 0.3 is 6.18 Å². The molecule has 0 aliphatic carbocycles. The number of benzene rings is 4. The number of para-hydroxylation sites is 2. The molecular weight excluding hydrogens is 970 g/mol. The fourth-order valence-electron chi connectivity index (χ4n) is 7.48. The maximum Gasteiger partial charge on any atom is 0.419 e. The van der Waals surface area contributed by atoms with Crippen LogP contribution >= 0.6 is 0 Å². The Morgan fingerprint density at radius 3 is 1.97 bits per heavy atom. The number of ether oxygens (including phenoxy) is 1. The molecule has 4 N–H and O–H groups in total. The number of hydrogen-bond acceptors (Lipinski definition) is 11. The van der Waals surface area contributed by atoms with Crippen molar-refractivity contribution in [2.24, 2.45) is 5.92 Å². The van der Waals surface area contributed by atoms with Crippen LogP contribution in [0.1, 0.15) is 66.4 Å². The number of amides is 4. The second kappa shape index (κ2) is 24.4.